The molecule has 28 heavy (non-hydrogen) atoms. The Bertz CT molecular complexity index is 982. The highest BCUT2D eigenvalue weighted by Crippen LogP contribution is 2.29. The topological polar surface area (TPSA) is 72.5 Å². The lowest BCUT2D eigenvalue weighted by Crippen LogP contribution is -2.14. The van der Waals surface area contributed by atoms with E-state index in [0.717, 1.165) is 22.5 Å². The number of rotatable bonds is 6. The number of nitrogens with zero attached hydrogens (tertiary/aromatic N) is 1. The van der Waals surface area contributed by atoms with Gasteiger partial charge in [-0.25, -0.2) is 0 Å². The molecule has 2 N–H and O–H groups in total. The summed E-state index contributed by atoms with van der Waals surface area (Å²) in [5, 5.41) is 6.21. The van der Waals surface area contributed by atoms with Crippen LogP contribution in [0.3, 0.4) is 0 Å². The van der Waals surface area contributed by atoms with Gasteiger partial charge in [-0.1, -0.05) is 18.2 Å². The zero-order chi connectivity index (χ0) is 20.1. The van der Waals surface area contributed by atoms with Crippen molar-refractivity contribution in [2.24, 2.45) is 0 Å². The molecule has 0 aliphatic rings. The number of hydrogen-bond acceptors (Lipinski definition) is 5. The van der Waals surface area contributed by atoms with E-state index in [9.17, 15) is 4.79 Å². The van der Waals surface area contributed by atoms with Gasteiger partial charge in [-0.2, -0.15) is 0 Å². The number of methoxy groups -OCH3 is 2. The van der Waals surface area contributed by atoms with Crippen LogP contribution in [0.2, 0.25) is 0 Å². The second kappa shape index (κ2) is 8.43. The zero-order valence-electron chi connectivity index (χ0n) is 16.4. The lowest BCUT2D eigenvalue weighted by molar-refractivity contribution is 0.102. The third-order valence-corrected chi connectivity index (χ3v) is 4.40. The summed E-state index contributed by atoms with van der Waals surface area (Å²) in [7, 11) is 3.11. The molecule has 0 aliphatic heterocycles. The number of pyridine rings is 1. The fraction of sp³-hybridized carbons (Fsp3) is 0.182. The first-order valence-electron chi connectivity index (χ1n) is 8.84. The van der Waals surface area contributed by atoms with Crippen LogP contribution in [-0.2, 0) is 0 Å². The van der Waals surface area contributed by atoms with Gasteiger partial charge in [-0.3, -0.25) is 9.78 Å². The van der Waals surface area contributed by atoms with Gasteiger partial charge in [0.2, 0.25) is 0 Å². The van der Waals surface area contributed by atoms with E-state index in [-0.39, 0.29) is 5.91 Å². The highest BCUT2D eigenvalue weighted by atomic mass is 16.5. The number of amides is 1. The summed E-state index contributed by atoms with van der Waals surface area (Å²) >= 11 is 0. The van der Waals surface area contributed by atoms with Crippen molar-refractivity contribution in [3.8, 4) is 11.5 Å². The molecule has 0 bridgehead atoms. The van der Waals surface area contributed by atoms with Crippen LogP contribution >= 0.6 is 0 Å². The molecule has 0 aliphatic carbocycles. The van der Waals surface area contributed by atoms with Gasteiger partial charge < -0.3 is 20.1 Å². The van der Waals surface area contributed by atoms with Crippen LogP contribution in [0.5, 0.6) is 11.5 Å². The van der Waals surface area contributed by atoms with E-state index in [1.165, 1.54) is 0 Å². The smallest absolute Gasteiger partial charge is 0.274 e. The van der Waals surface area contributed by atoms with Crippen molar-refractivity contribution in [1.82, 2.24) is 4.98 Å². The van der Waals surface area contributed by atoms with Gasteiger partial charge in [-0.05, 0) is 49.2 Å². The summed E-state index contributed by atoms with van der Waals surface area (Å²) in [6, 6.07) is 14.8. The minimum absolute atomic E-state index is 0.293. The number of hydrogen-bond donors (Lipinski definition) is 2. The third-order valence-electron chi connectivity index (χ3n) is 4.40. The monoisotopic (exact) mass is 377 g/mol. The van der Waals surface area contributed by atoms with Crippen molar-refractivity contribution in [3.05, 3.63) is 71.5 Å². The molecule has 6 nitrogen and oxygen atoms in total. The van der Waals surface area contributed by atoms with Crippen molar-refractivity contribution in [2.75, 3.05) is 24.9 Å². The Morgan fingerprint density at radius 2 is 1.71 bits per heavy atom. The quantitative estimate of drug-likeness (QED) is 0.651. The highest BCUT2D eigenvalue weighted by Gasteiger charge is 2.13. The lowest BCUT2D eigenvalue weighted by atomic mass is 10.1. The summed E-state index contributed by atoms with van der Waals surface area (Å²) in [4.78, 5) is 16.9. The Morgan fingerprint density at radius 1 is 0.964 bits per heavy atom. The first-order valence-corrected chi connectivity index (χ1v) is 8.84. The summed E-state index contributed by atoms with van der Waals surface area (Å²) in [5.74, 6) is 0.824. The molecule has 0 saturated heterocycles. The Kier molecular flexibility index (Phi) is 5.79. The number of anilines is 3. The maximum absolute atomic E-state index is 12.7. The van der Waals surface area contributed by atoms with Gasteiger partial charge in [0.25, 0.3) is 5.91 Å². The number of aromatic nitrogens is 1. The van der Waals surface area contributed by atoms with Crippen molar-refractivity contribution in [2.45, 2.75) is 13.8 Å². The summed E-state index contributed by atoms with van der Waals surface area (Å²) in [6.45, 7) is 4.08. The molecule has 0 saturated carbocycles. The standard InChI is InChI=1S/C22H23N3O3/c1-14-6-5-7-15(2)21(14)24-16-10-11-23-19(12-16)22(26)25-18-13-17(27-3)8-9-20(18)28-4/h5-13H,1-4H3,(H,23,24)(H,25,26). The number of aryl methyl sites for hydroxylation is 2. The van der Waals surface area contributed by atoms with Gasteiger partial charge in [0.05, 0.1) is 19.9 Å². The van der Waals surface area contributed by atoms with Crippen LogP contribution in [-0.4, -0.2) is 25.1 Å². The second-order valence-electron chi connectivity index (χ2n) is 6.34. The van der Waals surface area contributed by atoms with Gasteiger partial charge in [0, 0.05) is 23.6 Å². The minimum atomic E-state index is -0.336. The van der Waals surface area contributed by atoms with Crippen molar-refractivity contribution < 1.29 is 14.3 Å². The number of nitrogens with one attached hydrogen (secondary N) is 2. The van der Waals surface area contributed by atoms with Crippen LogP contribution in [0.4, 0.5) is 17.1 Å². The second-order valence-corrected chi connectivity index (χ2v) is 6.34. The Hall–Kier alpha value is -3.54. The normalized spacial score (nSPS) is 10.3. The molecule has 0 atom stereocenters. The van der Waals surface area contributed by atoms with Crippen molar-refractivity contribution >= 4 is 23.0 Å². The summed E-state index contributed by atoms with van der Waals surface area (Å²) in [6.07, 6.45) is 1.60. The van der Waals surface area contributed by atoms with Gasteiger partial charge in [0.1, 0.15) is 17.2 Å². The predicted octanol–water partition coefficient (Wildman–Crippen LogP) is 4.71. The van der Waals surface area contributed by atoms with E-state index < -0.39 is 0 Å². The van der Waals surface area contributed by atoms with E-state index in [1.807, 2.05) is 38.1 Å². The molecule has 0 unspecified atom stereocenters. The van der Waals surface area contributed by atoms with Crippen molar-refractivity contribution in [3.63, 3.8) is 0 Å². The van der Waals surface area contributed by atoms with E-state index in [2.05, 4.69) is 15.6 Å². The molecule has 3 rings (SSSR count). The van der Waals surface area contributed by atoms with E-state index in [0.29, 0.717) is 22.9 Å². The van der Waals surface area contributed by atoms with Crippen LogP contribution in [0.1, 0.15) is 21.6 Å². The Balaban J connectivity index is 1.83. The predicted molar refractivity (Wildman–Crippen MR) is 111 cm³/mol. The number of benzene rings is 2. The van der Waals surface area contributed by atoms with Crippen LogP contribution < -0.4 is 20.1 Å². The number of para-hydroxylation sites is 1. The number of carbonyl (C=O) groups excluding carboxylic acids is 1. The number of ether oxygens (including phenoxy) is 2. The van der Waals surface area contributed by atoms with E-state index >= 15 is 0 Å². The van der Waals surface area contributed by atoms with Crippen LogP contribution in [0.15, 0.2) is 54.7 Å². The highest BCUT2D eigenvalue weighted by molar-refractivity contribution is 6.04. The average molecular weight is 377 g/mol. The lowest BCUT2D eigenvalue weighted by Gasteiger charge is -2.14. The molecule has 1 amide bonds. The molecule has 0 fully saturated rings. The zero-order valence-corrected chi connectivity index (χ0v) is 16.4. The SMILES string of the molecule is COc1ccc(OC)c(NC(=O)c2cc(Nc3c(C)cccc3C)ccn2)c1. The maximum atomic E-state index is 12.7. The first kappa shape index (κ1) is 19.2. The van der Waals surface area contributed by atoms with Crippen molar-refractivity contribution in [1.29, 1.82) is 0 Å². The average Bonchev–Trinajstić information content (AvgIpc) is 2.71. The van der Waals surface area contributed by atoms with Crippen LogP contribution in [0.25, 0.3) is 0 Å². The van der Waals surface area contributed by atoms with Crippen LogP contribution in [0, 0.1) is 13.8 Å². The Labute approximate surface area is 164 Å². The molecule has 0 spiro atoms. The molecule has 2 aromatic carbocycles. The summed E-state index contributed by atoms with van der Waals surface area (Å²) in [5.41, 5.74) is 4.88. The van der Waals surface area contributed by atoms with Gasteiger partial charge >= 0.3 is 0 Å². The molecule has 1 aromatic heterocycles. The van der Waals surface area contributed by atoms with Gasteiger partial charge in [-0.15, -0.1) is 0 Å². The minimum Gasteiger partial charge on any atom is -0.497 e. The molecular formula is C22H23N3O3. The Morgan fingerprint density at radius 3 is 2.39 bits per heavy atom. The fourth-order valence-electron chi connectivity index (χ4n) is 2.89. The maximum Gasteiger partial charge on any atom is 0.274 e. The number of carbonyl (C=O) groups is 1. The molecule has 6 heteroatoms. The molecule has 3 aromatic rings. The molecule has 1 heterocycles. The molecule has 0 radical (unpaired) electrons. The first-order chi connectivity index (χ1) is 13.5. The van der Waals surface area contributed by atoms with E-state index in [1.54, 1.807) is 44.7 Å². The molecule has 144 valence electrons. The largest absolute Gasteiger partial charge is 0.497 e. The third kappa shape index (κ3) is 4.23. The fourth-order valence-corrected chi connectivity index (χ4v) is 2.89. The van der Waals surface area contributed by atoms with E-state index in [4.69, 9.17) is 9.47 Å². The summed E-state index contributed by atoms with van der Waals surface area (Å²) < 4.78 is 10.5. The van der Waals surface area contributed by atoms with Gasteiger partial charge in [0.15, 0.2) is 0 Å². The molecular weight excluding hydrogens is 354 g/mol.